The molecule has 1 fully saturated rings. The number of carbonyl (C=O) groups excluding carboxylic acids is 1. The standard InChI is InChI=1S/C14H21N3O2S2/c1-4-15-10-7-11(17-13(16-10)20-3)21-9-14(5-6-14)8-12(18)19-2/h7H,4-6,8-9H2,1-3H3,(H,15,16,17). The van der Waals surface area contributed by atoms with Gasteiger partial charge >= 0.3 is 5.97 Å². The molecule has 1 N–H and O–H groups in total. The molecule has 1 aliphatic carbocycles. The van der Waals surface area contributed by atoms with E-state index >= 15 is 0 Å². The van der Waals surface area contributed by atoms with Gasteiger partial charge in [0.05, 0.1) is 13.5 Å². The highest BCUT2D eigenvalue weighted by atomic mass is 32.2. The fourth-order valence-electron chi connectivity index (χ4n) is 2.00. The molecule has 1 aromatic rings. The van der Waals surface area contributed by atoms with Crippen molar-refractivity contribution < 1.29 is 9.53 Å². The van der Waals surface area contributed by atoms with E-state index in [0.717, 1.165) is 41.1 Å². The highest BCUT2D eigenvalue weighted by Gasteiger charge is 2.44. The second kappa shape index (κ2) is 7.35. The van der Waals surface area contributed by atoms with Crippen molar-refractivity contribution in [1.82, 2.24) is 9.97 Å². The maximum atomic E-state index is 11.4. The molecule has 2 rings (SSSR count). The maximum Gasteiger partial charge on any atom is 0.306 e. The monoisotopic (exact) mass is 327 g/mol. The molecule has 1 saturated carbocycles. The molecule has 0 spiro atoms. The lowest BCUT2D eigenvalue weighted by Crippen LogP contribution is -2.13. The van der Waals surface area contributed by atoms with Gasteiger partial charge in [0.25, 0.3) is 0 Å². The Hall–Kier alpha value is -0.950. The van der Waals surface area contributed by atoms with Crippen molar-refractivity contribution in [1.29, 1.82) is 0 Å². The molecule has 1 aliphatic rings. The number of aromatic nitrogens is 2. The van der Waals surface area contributed by atoms with E-state index in [2.05, 4.69) is 15.3 Å². The summed E-state index contributed by atoms with van der Waals surface area (Å²) in [7, 11) is 1.45. The summed E-state index contributed by atoms with van der Waals surface area (Å²) in [6.07, 6.45) is 4.67. The molecule has 0 bridgehead atoms. The first kappa shape index (κ1) is 16.4. The lowest BCUT2D eigenvalue weighted by atomic mass is 10.1. The molecule has 0 radical (unpaired) electrons. The lowest BCUT2D eigenvalue weighted by Gasteiger charge is -2.13. The van der Waals surface area contributed by atoms with E-state index in [1.165, 1.54) is 18.9 Å². The second-order valence-electron chi connectivity index (χ2n) is 5.15. The number of hydrogen-bond donors (Lipinski definition) is 1. The zero-order valence-corrected chi connectivity index (χ0v) is 14.3. The number of carbonyl (C=O) groups is 1. The average Bonchev–Trinajstić information content (AvgIpc) is 3.25. The molecular formula is C14H21N3O2S2. The van der Waals surface area contributed by atoms with Crippen LogP contribution in [0.15, 0.2) is 16.2 Å². The van der Waals surface area contributed by atoms with Crippen molar-refractivity contribution in [2.45, 2.75) is 36.4 Å². The van der Waals surface area contributed by atoms with Gasteiger partial charge in [-0.05, 0) is 31.4 Å². The largest absolute Gasteiger partial charge is 0.469 e. The zero-order valence-electron chi connectivity index (χ0n) is 12.6. The molecule has 0 atom stereocenters. The Morgan fingerprint density at radius 3 is 2.81 bits per heavy atom. The lowest BCUT2D eigenvalue weighted by molar-refractivity contribution is -0.141. The van der Waals surface area contributed by atoms with Crippen LogP contribution in [0.3, 0.4) is 0 Å². The predicted octanol–water partition coefficient (Wildman–Crippen LogP) is 3.07. The Morgan fingerprint density at radius 2 is 2.24 bits per heavy atom. The molecular weight excluding hydrogens is 306 g/mol. The van der Waals surface area contributed by atoms with Crippen molar-refractivity contribution in [2.24, 2.45) is 5.41 Å². The van der Waals surface area contributed by atoms with Gasteiger partial charge in [-0.15, -0.1) is 11.8 Å². The Balaban J connectivity index is 1.99. The molecule has 1 heterocycles. The minimum Gasteiger partial charge on any atom is -0.469 e. The third kappa shape index (κ3) is 4.78. The molecule has 0 aliphatic heterocycles. The molecule has 21 heavy (non-hydrogen) atoms. The van der Waals surface area contributed by atoms with Crippen LogP contribution in [0.4, 0.5) is 5.82 Å². The Labute approximate surface area is 134 Å². The summed E-state index contributed by atoms with van der Waals surface area (Å²) in [6, 6.07) is 1.97. The molecule has 0 unspecified atom stereocenters. The summed E-state index contributed by atoms with van der Waals surface area (Å²) in [5.41, 5.74) is 0.112. The van der Waals surface area contributed by atoms with E-state index < -0.39 is 0 Å². The van der Waals surface area contributed by atoms with E-state index in [-0.39, 0.29) is 11.4 Å². The summed E-state index contributed by atoms with van der Waals surface area (Å²) < 4.78 is 4.78. The van der Waals surface area contributed by atoms with Crippen molar-refractivity contribution in [3.8, 4) is 0 Å². The second-order valence-corrected chi connectivity index (χ2v) is 6.92. The van der Waals surface area contributed by atoms with E-state index in [9.17, 15) is 4.79 Å². The van der Waals surface area contributed by atoms with Gasteiger partial charge in [-0.3, -0.25) is 4.79 Å². The fraction of sp³-hybridized carbons (Fsp3) is 0.643. The fourth-order valence-corrected chi connectivity index (χ4v) is 3.62. The Morgan fingerprint density at radius 1 is 1.48 bits per heavy atom. The van der Waals surface area contributed by atoms with Gasteiger partial charge in [-0.25, -0.2) is 9.97 Å². The summed E-state index contributed by atoms with van der Waals surface area (Å²) in [5.74, 6) is 1.64. The number of hydrogen-bond acceptors (Lipinski definition) is 7. The van der Waals surface area contributed by atoms with Crippen LogP contribution in [-0.4, -0.2) is 41.6 Å². The van der Waals surface area contributed by atoms with Crippen LogP contribution in [0, 0.1) is 5.41 Å². The van der Waals surface area contributed by atoms with E-state index in [0.29, 0.717) is 6.42 Å². The quantitative estimate of drug-likeness (QED) is 0.341. The van der Waals surface area contributed by atoms with Crippen LogP contribution in [0.2, 0.25) is 0 Å². The molecule has 1 aromatic heterocycles. The van der Waals surface area contributed by atoms with Crippen LogP contribution >= 0.6 is 23.5 Å². The minimum atomic E-state index is -0.117. The third-order valence-corrected chi connectivity index (χ3v) is 5.26. The van der Waals surface area contributed by atoms with Gasteiger partial charge in [0, 0.05) is 18.4 Å². The Kier molecular flexibility index (Phi) is 5.75. The number of nitrogens with zero attached hydrogens (tertiary/aromatic N) is 2. The van der Waals surface area contributed by atoms with Gasteiger partial charge < -0.3 is 10.1 Å². The van der Waals surface area contributed by atoms with Crippen LogP contribution in [-0.2, 0) is 9.53 Å². The van der Waals surface area contributed by atoms with Gasteiger partial charge in [0.1, 0.15) is 10.8 Å². The predicted molar refractivity (Wildman–Crippen MR) is 87.0 cm³/mol. The van der Waals surface area contributed by atoms with Gasteiger partial charge in [-0.2, -0.15) is 0 Å². The van der Waals surface area contributed by atoms with Crippen molar-refractivity contribution in [2.75, 3.05) is 31.0 Å². The minimum absolute atomic E-state index is 0.112. The number of esters is 1. The SMILES string of the molecule is CCNc1cc(SCC2(CC(=O)OC)CC2)nc(SC)n1. The summed E-state index contributed by atoms with van der Waals surface area (Å²) in [6.45, 7) is 2.88. The summed E-state index contributed by atoms with van der Waals surface area (Å²) >= 11 is 3.24. The summed E-state index contributed by atoms with van der Waals surface area (Å²) in [5, 5.41) is 4.96. The smallest absolute Gasteiger partial charge is 0.306 e. The van der Waals surface area contributed by atoms with Crippen LogP contribution < -0.4 is 5.32 Å². The first-order valence-corrected chi connectivity index (χ1v) is 9.18. The van der Waals surface area contributed by atoms with E-state index in [1.807, 2.05) is 19.2 Å². The maximum absolute atomic E-state index is 11.4. The van der Waals surface area contributed by atoms with E-state index in [4.69, 9.17) is 4.74 Å². The number of rotatable bonds is 8. The first-order chi connectivity index (χ1) is 10.1. The average molecular weight is 327 g/mol. The molecule has 0 aromatic carbocycles. The van der Waals surface area contributed by atoms with Crippen LogP contribution in [0.25, 0.3) is 0 Å². The van der Waals surface area contributed by atoms with Crippen molar-refractivity contribution in [3.05, 3.63) is 6.07 Å². The van der Waals surface area contributed by atoms with Crippen molar-refractivity contribution >= 4 is 35.3 Å². The highest BCUT2D eigenvalue weighted by molar-refractivity contribution is 7.99. The third-order valence-electron chi connectivity index (χ3n) is 3.45. The number of anilines is 1. The topological polar surface area (TPSA) is 64.1 Å². The normalized spacial score (nSPS) is 15.6. The number of thioether (sulfide) groups is 2. The molecule has 5 nitrogen and oxygen atoms in total. The number of nitrogens with one attached hydrogen (secondary N) is 1. The van der Waals surface area contributed by atoms with Crippen LogP contribution in [0.5, 0.6) is 0 Å². The molecule has 0 saturated heterocycles. The van der Waals surface area contributed by atoms with E-state index in [1.54, 1.807) is 11.8 Å². The van der Waals surface area contributed by atoms with Crippen molar-refractivity contribution in [3.63, 3.8) is 0 Å². The van der Waals surface area contributed by atoms with Gasteiger partial charge in [0.15, 0.2) is 5.16 Å². The number of methoxy groups -OCH3 is 1. The van der Waals surface area contributed by atoms with Gasteiger partial charge in [-0.1, -0.05) is 11.8 Å². The zero-order chi connectivity index (χ0) is 15.3. The highest BCUT2D eigenvalue weighted by Crippen LogP contribution is 2.52. The molecule has 116 valence electrons. The first-order valence-electron chi connectivity index (χ1n) is 6.97. The molecule has 7 heteroatoms. The summed E-state index contributed by atoms with van der Waals surface area (Å²) in [4.78, 5) is 20.4. The molecule has 0 amide bonds. The number of ether oxygens (including phenoxy) is 1. The Bertz CT molecular complexity index is 507. The van der Waals surface area contributed by atoms with Gasteiger partial charge in [0.2, 0.25) is 0 Å². The van der Waals surface area contributed by atoms with Crippen LogP contribution in [0.1, 0.15) is 26.2 Å².